The molecule has 0 spiro atoms. The zero-order valence-electron chi connectivity index (χ0n) is 6.42. The lowest BCUT2D eigenvalue weighted by Crippen LogP contribution is -2.18. The zero-order chi connectivity index (χ0) is 8.27. The number of nitrogens with zero attached hydrogens (tertiary/aromatic N) is 1. The minimum absolute atomic E-state index is 0.190. The molecule has 1 atom stereocenters. The Bertz CT molecular complexity index is 235. The van der Waals surface area contributed by atoms with Gasteiger partial charge in [-0.2, -0.15) is 0 Å². The maximum Gasteiger partial charge on any atom is 0.109 e. The van der Waals surface area contributed by atoms with Gasteiger partial charge in [0.15, 0.2) is 0 Å². The number of hydrogen-bond donors (Lipinski definition) is 1. The van der Waals surface area contributed by atoms with E-state index in [1.807, 2.05) is 19.1 Å². The van der Waals surface area contributed by atoms with Crippen LogP contribution in [0.4, 0.5) is 0 Å². The summed E-state index contributed by atoms with van der Waals surface area (Å²) in [5, 5.41) is 0. The number of rotatable bonds is 2. The van der Waals surface area contributed by atoms with Gasteiger partial charge in [-0.3, -0.25) is 0 Å². The molecule has 1 unspecified atom stereocenters. The summed E-state index contributed by atoms with van der Waals surface area (Å²) in [4.78, 5) is 4.09. The molecular formula is C8H11BrN2. The minimum atomic E-state index is 0.190. The van der Waals surface area contributed by atoms with Crippen LogP contribution in [0.5, 0.6) is 0 Å². The van der Waals surface area contributed by atoms with Gasteiger partial charge in [0.05, 0.1) is 0 Å². The number of pyridine rings is 1. The monoisotopic (exact) mass is 214 g/mol. The fourth-order valence-electron chi connectivity index (χ4n) is 0.918. The number of nitrogens with two attached hydrogens (primary N) is 1. The fourth-order valence-corrected chi connectivity index (χ4v) is 1.33. The van der Waals surface area contributed by atoms with Gasteiger partial charge >= 0.3 is 0 Å². The maximum absolute atomic E-state index is 5.64. The molecule has 0 saturated heterocycles. The molecule has 1 aromatic heterocycles. The largest absolute Gasteiger partial charge is 0.328 e. The first kappa shape index (κ1) is 8.68. The Kier molecular flexibility index (Phi) is 3.02. The van der Waals surface area contributed by atoms with Crippen LogP contribution in [-0.2, 0) is 6.42 Å². The lowest BCUT2D eigenvalue weighted by atomic mass is 10.1. The van der Waals surface area contributed by atoms with Crippen molar-refractivity contribution in [3.05, 3.63) is 28.5 Å². The van der Waals surface area contributed by atoms with E-state index in [2.05, 4.69) is 20.9 Å². The smallest absolute Gasteiger partial charge is 0.109 e. The summed E-state index contributed by atoms with van der Waals surface area (Å²) in [6, 6.07) is 4.14. The standard InChI is InChI=1S/C8H11BrN2/c1-6(10)5-7-3-2-4-11-8(7)9/h2-4,6H,5,10H2,1H3. The van der Waals surface area contributed by atoms with Gasteiger partial charge in [-0.05, 0) is 40.9 Å². The van der Waals surface area contributed by atoms with E-state index < -0.39 is 0 Å². The summed E-state index contributed by atoms with van der Waals surface area (Å²) in [6.45, 7) is 1.99. The summed E-state index contributed by atoms with van der Waals surface area (Å²) >= 11 is 3.36. The van der Waals surface area contributed by atoms with Crippen molar-refractivity contribution in [2.24, 2.45) is 5.73 Å². The molecule has 0 aliphatic carbocycles. The van der Waals surface area contributed by atoms with Crippen molar-refractivity contribution in [3.63, 3.8) is 0 Å². The molecule has 2 N–H and O–H groups in total. The van der Waals surface area contributed by atoms with E-state index >= 15 is 0 Å². The Hall–Kier alpha value is -0.410. The predicted molar refractivity (Wildman–Crippen MR) is 49.3 cm³/mol. The van der Waals surface area contributed by atoms with E-state index in [4.69, 9.17) is 5.73 Å². The van der Waals surface area contributed by atoms with Crippen LogP contribution < -0.4 is 5.73 Å². The van der Waals surface area contributed by atoms with Crippen molar-refractivity contribution in [1.29, 1.82) is 0 Å². The summed E-state index contributed by atoms with van der Waals surface area (Å²) < 4.78 is 0.900. The second-order valence-corrected chi connectivity index (χ2v) is 3.39. The van der Waals surface area contributed by atoms with E-state index in [0.717, 1.165) is 11.0 Å². The summed E-state index contributed by atoms with van der Waals surface area (Å²) in [6.07, 6.45) is 2.63. The molecule has 0 fully saturated rings. The number of aromatic nitrogens is 1. The molecule has 0 bridgehead atoms. The molecule has 3 heteroatoms. The van der Waals surface area contributed by atoms with Gasteiger partial charge in [0.25, 0.3) is 0 Å². The van der Waals surface area contributed by atoms with E-state index in [-0.39, 0.29) is 6.04 Å². The van der Waals surface area contributed by atoms with Crippen molar-refractivity contribution < 1.29 is 0 Å². The van der Waals surface area contributed by atoms with Crippen LogP contribution in [-0.4, -0.2) is 11.0 Å². The molecular weight excluding hydrogens is 204 g/mol. The third kappa shape index (κ3) is 2.60. The van der Waals surface area contributed by atoms with Crippen molar-refractivity contribution in [2.75, 3.05) is 0 Å². The van der Waals surface area contributed by atoms with Crippen LogP contribution in [0, 0.1) is 0 Å². The Morgan fingerprint density at radius 1 is 1.73 bits per heavy atom. The molecule has 1 heterocycles. The quantitative estimate of drug-likeness (QED) is 0.763. The van der Waals surface area contributed by atoms with Crippen molar-refractivity contribution in [3.8, 4) is 0 Å². The molecule has 1 aromatic rings. The average molecular weight is 215 g/mol. The summed E-state index contributed by atoms with van der Waals surface area (Å²) in [5.41, 5.74) is 6.81. The molecule has 0 saturated carbocycles. The molecule has 0 aromatic carbocycles. The van der Waals surface area contributed by atoms with E-state index in [0.29, 0.717) is 0 Å². The van der Waals surface area contributed by atoms with Gasteiger partial charge in [-0.15, -0.1) is 0 Å². The van der Waals surface area contributed by atoms with E-state index in [9.17, 15) is 0 Å². The molecule has 0 radical (unpaired) electrons. The first-order chi connectivity index (χ1) is 5.20. The highest BCUT2D eigenvalue weighted by Crippen LogP contribution is 2.13. The van der Waals surface area contributed by atoms with Crippen LogP contribution >= 0.6 is 15.9 Å². The minimum Gasteiger partial charge on any atom is -0.328 e. The highest BCUT2D eigenvalue weighted by atomic mass is 79.9. The van der Waals surface area contributed by atoms with Crippen molar-refractivity contribution >= 4 is 15.9 Å². The van der Waals surface area contributed by atoms with Gasteiger partial charge in [0, 0.05) is 12.2 Å². The predicted octanol–water partition coefficient (Wildman–Crippen LogP) is 1.73. The van der Waals surface area contributed by atoms with Crippen molar-refractivity contribution in [2.45, 2.75) is 19.4 Å². The van der Waals surface area contributed by atoms with Gasteiger partial charge in [-0.25, -0.2) is 4.98 Å². The molecule has 60 valence electrons. The highest BCUT2D eigenvalue weighted by Gasteiger charge is 2.01. The zero-order valence-corrected chi connectivity index (χ0v) is 8.01. The molecule has 0 amide bonds. The Morgan fingerprint density at radius 3 is 3.00 bits per heavy atom. The summed E-state index contributed by atoms with van der Waals surface area (Å²) in [7, 11) is 0. The van der Waals surface area contributed by atoms with Crippen LogP contribution in [0.2, 0.25) is 0 Å². The molecule has 11 heavy (non-hydrogen) atoms. The normalized spacial score (nSPS) is 13.0. The molecule has 0 aliphatic heterocycles. The third-order valence-electron chi connectivity index (χ3n) is 1.38. The van der Waals surface area contributed by atoms with Gasteiger partial charge in [0.2, 0.25) is 0 Å². The Balaban J connectivity index is 2.78. The molecule has 2 nitrogen and oxygen atoms in total. The first-order valence-electron chi connectivity index (χ1n) is 3.55. The Morgan fingerprint density at radius 2 is 2.45 bits per heavy atom. The van der Waals surface area contributed by atoms with E-state index in [1.165, 1.54) is 5.56 Å². The lowest BCUT2D eigenvalue weighted by Gasteiger charge is -2.05. The second kappa shape index (κ2) is 3.83. The SMILES string of the molecule is CC(N)Cc1cccnc1Br. The topological polar surface area (TPSA) is 38.9 Å². The molecule has 0 aliphatic rings. The summed E-state index contributed by atoms with van der Waals surface area (Å²) in [5.74, 6) is 0. The number of halogens is 1. The van der Waals surface area contributed by atoms with Crippen LogP contribution in [0.3, 0.4) is 0 Å². The van der Waals surface area contributed by atoms with Gasteiger partial charge in [0.1, 0.15) is 4.60 Å². The van der Waals surface area contributed by atoms with Crippen LogP contribution in [0.15, 0.2) is 22.9 Å². The first-order valence-corrected chi connectivity index (χ1v) is 4.34. The van der Waals surface area contributed by atoms with Crippen LogP contribution in [0.25, 0.3) is 0 Å². The fraction of sp³-hybridized carbons (Fsp3) is 0.375. The van der Waals surface area contributed by atoms with Gasteiger partial charge < -0.3 is 5.73 Å². The number of hydrogen-bond acceptors (Lipinski definition) is 2. The highest BCUT2D eigenvalue weighted by molar-refractivity contribution is 9.10. The van der Waals surface area contributed by atoms with E-state index in [1.54, 1.807) is 6.20 Å². The lowest BCUT2D eigenvalue weighted by molar-refractivity contribution is 0.733. The van der Waals surface area contributed by atoms with Gasteiger partial charge in [-0.1, -0.05) is 6.07 Å². The van der Waals surface area contributed by atoms with Crippen molar-refractivity contribution in [1.82, 2.24) is 4.98 Å². The second-order valence-electron chi connectivity index (χ2n) is 2.63. The third-order valence-corrected chi connectivity index (χ3v) is 2.09. The average Bonchev–Trinajstić information content (AvgIpc) is 1.93. The maximum atomic E-state index is 5.64. The van der Waals surface area contributed by atoms with Crippen LogP contribution in [0.1, 0.15) is 12.5 Å². The molecule has 1 rings (SSSR count). The Labute approximate surface area is 75.0 Å².